The molecule has 0 amide bonds. The average Bonchev–Trinajstić information content (AvgIpc) is 2.94. The third-order valence-electron chi connectivity index (χ3n) is 3.54. The van der Waals surface area contributed by atoms with Crippen LogP contribution in [-0.4, -0.2) is 28.2 Å². The van der Waals surface area contributed by atoms with Crippen molar-refractivity contribution >= 4 is 41.6 Å². The molecular weight excluding hydrogens is 398 g/mol. The van der Waals surface area contributed by atoms with Gasteiger partial charge >= 0.3 is 0 Å². The summed E-state index contributed by atoms with van der Waals surface area (Å²) in [7, 11) is 1.49. The fourth-order valence-corrected chi connectivity index (χ4v) is 3.17. The van der Waals surface area contributed by atoms with Crippen molar-refractivity contribution in [1.82, 2.24) is 14.9 Å². The van der Waals surface area contributed by atoms with Gasteiger partial charge in [-0.05, 0) is 47.6 Å². The second kappa shape index (κ2) is 7.99. The number of H-pyrrole nitrogens is 1. The van der Waals surface area contributed by atoms with Crippen LogP contribution < -0.4 is 4.74 Å². The molecule has 0 spiro atoms. The fourth-order valence-electron chi connectivity index (χ4n) is 2.32. The Kier molecular flexibility index (Phi) is 5.70. The zero-order valence-electron chi connectivity index (χ0n) is 13.5. The Morgan fingerprint density at radius 2 is 1.92 bits per heavy atom. The number of aromatic nitrogens is 3. The van der Waals surface area contributed by atoms with E-state index in [4.69, 9.17) is 40.2 Å². The van der Waals surface area contributed by atoms with Crippen LogP contribution in [0.2, 0.25) is 10.0 Å². The van der Waals surface area contributed by atoms with Crippen LogP contribution in [0, 0.1) is 10.6 Å². The Bertz CT molecular complexity index is 991. The zero-order valence-corrected chi connectivity index (χ0v) is 15.9. The summed E-state index contributed by atoms with van der Waals surface area (Å²) < 4.78 is 20.0. The van der Waals surface area contributed by atoms with Crippen molar-refractivity contribution in [1.29, 1.82) is 0 Å². The van der Waals surface area contributed by atoms with Crippen molar-refractivity contribution < 1.29 is 9.13 Å². The van der Waals surface area contributed by atoms with Gasteiger partial charge in [0, 0.05) is 6.42 Å². The first kappa shape index (κ1) is 18.6. The molecule has 0 bridgehead atoms. The van der Waals surface area contributed by atoms with E-state index < -0.39 is 0 Å². The number of benzene rings is 2. The van der Waals surface area contributed by atoms with Crippen LogP contribution in [0.5, 0.6) is 5.75 Å². The van der Waals surface area contributed by atoms with E-state index in [9.17, 15) is 4.39 Å². The van der Waals surface area contributed by atoms with Gasteiger partial charge in [-0.15, -0.1) is 0 Å². The van der Waals surface area contributed by atoms with E-state index in [0.29, 0.717) is 38.4 Å². The topological polar surface area (TPSA) is 55.2 Å². The number of rotatable bonds is 5. The van der Waals surface area contributed by atoms with Crippen LogP contribution >= 0.6 is 35.4 Å². The number of halogens is 3. The molecule has 0 aliphatic heterocycles. The van der Waals surface area contributed by atoms with Crippen molar-refractivity contribution in [2.45, 2.75) is 6.42 Å². The lowest BCUT2D eigenvalue weighted by Gasteiger charge is -2.06. The molecule has 3 aromatic rings. The van der Waals surface area contributed by atoms with E-state index in [1.54, 1.807) is 30.5 Å². The van der Waals surface area contributed by atoms with E-state index in [0.717, 1.165) is 5.56 Å². The van der Waals surface area contributed by atoms with E-state index in [1.165, 1.54) is 23.9 Å². The Morgan fingerprint density at radius 1 is 1.27 bits per heavy atom. The number of hydrogen-bond acceptors (Lipinski definition) is 4. The second-order valence-electron chi connectivity index (χ2n) is 5.32. The lowest BCUT2D eigenvalue weighted by Crippen LogP contribution is -2.00. The summed E-state index contributed by atoms with van der Waals surface area (Å²) in [5, 5.41) is 12.0. The molecule has 0 atom stereocenters. The van der Waals surface area contributed by atoms with Crippen LogP contribution in [0.3, 0.4) is 0 Å². The summed E-state index contributed by atoms with van der Waals surface area (Å²) in [6, 6.07) is 9.52. The van der Waals surface area contributed by atoms with Crippen LogP contribution in [0.1, 0.15) is 17.0 Å². The summed E-state index contributed by atoms with van der Waals surface area (Å²) in [5.74, 6) is 0.699. The highest BCUT2D eigenvalue weighted by Crippen LogP contribution is 2.33. The number of hydrogen-bond donors (Lipinski definition) is 1. The van der Waals surface area contributed by atoms with Crippen molar-refractivity contribution in [3.8, 4) is 5.75 Å². The van der Waals surface area contributed by atoms with Gasteiger partial charge in [0.15, 0.2) is 11.6 Å². The monoisotopic (exact) mass is 410 g/mol. The number of aromatic amines is 1. The summed E-state index contributed by atoms with van der Waals surface area (Å²) in [6.45, 7) is 0. The van der Waals surface area contributed by atoms with Gasteiger partial charge < -0.3 is 4.74 Å². The summed E-state index contributed by atoms with van der Waals surface area (Å²) >= 11 is 17.5. The van der Waals surface area contributed by atoms with Gasteiger partial charge in [-0.3, -0.25) is 5.10 Å². The molecule has 2 aromatic carbocycles. The third-order valence-corrected chi connectivity index (χ3v) is 4.37. The van der Waals surface area contributed by atoms with E-state index in [-0.39, 0.29) is 5.82 Å². The first-order chi connectivity index (χ1) is 12.5. The highest BCUT2D eigenvalue weighted by atomic mass is 35.5. The molecule has 134 valence electrons. The molecule has 0 aliphatic rings. The molecule has 0 saturated heterocycles. The molecule has 0 saturated carbocycles. The van der Waals surface area contributed by atoms with Gasteiger partial charge in [0.25, 0.3) is 0 Å². The Labute approximate surface area is 164 Å². The first-order valence-corrected chi connectivity index (χ1v) is 8.62. The van der Waals surface area contributed by atoms with Crippen molar-refractivity contribution in [2.24, 2.45) is 5.10 Å². The fraction of sp³-hybridized carbons (Fsp3) is 0.118. The normalized spacial score (nSPS) is 11.2. The number of ether oxygens (including phenoxy) is 1. The Morgan fingerprint density at radius 3 is 2.54 bits per heavy atom. The maximum Gasteiger partial charge on any atom is 0.216 e. The van der Waals surface area contributed by atoms with Gasteiger partial charge in [0.05, 0.1) is 23.4 Å². The summed E-state index contributed by atoms with van der Waals surface area (Å²) in [6.07, 6.45) is 2.01. The predicted molar refractivity (Wildman–Crippen MR) is 103 cm³/mol. The smallest absolute Gasteiger partial charge is 0.216 e. The highest BCUT2D eigenvalue weighted by molar-refractivity contribution is 7.71. The standard InChI is InChI=1S/C17H13Cl2FN4OS/c1-25-16-13(18)6-11(7-14(16)19)9-21-24-15(22-23-17(24)26)8-10-2-4-12(20)5-3-10/h2-7,9H,8H2,1H3,(H,23,26)/b21-9-. The van der Waals surface area contributed by atoms with E-state index in [1.807, 2.05) is 0 Å². The minimum Gasteiger partial charge on any atom is -0.494 e. The second-order valence-corrected chi connectivity index (χ2v) is 6.52. The molecule has 26 heavy (non-hydrogen) atoms. The van der Waals surface area contributed by atoms with Gasteiger partial charge in [0.2, 0.25) is 4.77 Å². The summed E-state index contributed by atoms with van der Waals surface area (Å²) in [5.41, 5.74) is 1.56. The Hall–Kier alpha value is -2.22. The molecule has 0 aliphatic carbocycles. The van der Waals surface area contributed by atoms with Crippen LogP contribution in [0.15, 0.2) is 41.5 Å². The molecule has 9 heteroatoms. The van der Waals surface area contributed by atoms with E-state index in [2.05, 4.69) is 15.3 Å². The van der Waals surface area contributed by atoms with Crippen molar-refractivity contribution in [3.05, 3.63) is 74.0 Å². The molecule has 0 fully saturated rings. The molecule has 1 aromatic heterocycles. The minimum absolute atomic E-state index is 0.293. The largest absolute Gasteiger partial charge is 0.494 e. The number of methoxy groups -OCH3 is 1. The van der Waals surface area contributed by atoms with Crippen LogP contribution in [0.25, 0.3) is 0 Å². The number of nitrogens with zero attached hydrogens (tertiary/aromatic N) is 3. The summed E-state index contributed by atoms with van der Waals surface area (Å²) in [4.78, 5) is 0. The first-order valence-electron chi connectivity index (χ1n) is 7.46. The minimum atomic E-state index is -0.293. The molecule has 0 unspecified atom stereocenters. The molecule has 1 heterocycles. The maximum atomic E-state index is 13.0. The lowest BCUT2D eigenvalue weighted by molar-refractivity contribution is 0.415. The van der Waals surface area contributed by atoms with Crippen LogP contribution in [-0.2, 0) is 6.42 Å². The van der Waals surface area contributed by atoms with Crippen molar-refractivity contribution in [2.75, 3.05) is 7.11 Å². The molecule has 0 radical (unpaired) electrons. The molecular formula is C17H13Cl2FN4OS. The molecule has 1 N–H and O–H groups in total. The van der Waals surface area contributed by atoms with Gasteiger partial charge in [-0.1, -0.05) is 35.3 Å². The van der Waals surface area contributed by atoms with Gasteiger partial charge in [-0.2, -0.15) is 14.9 Å². The van der Waals surface area contributed by atoms with E-state index >= 15 is 0 Å². The quantitative estimate of drug-likeness (QED) is 0.482. The Balaban J connectivity index is 1.88. The zero-order chi connectivity index (χ0) is 18.7. The molecule has 5 nitrogen and oxygen atoms in total. The van der Waals surface area contributed by atoms with Crippen molar-refractivity contribution in [3.63, 3.8) is 0 Å². The van der Waals surface area contributed by atoms with Gasteiger partial charge in [0.1, 0.15) is 5.82 Å². The highest BCUT2D eigenvalue weighted by Gasteiger charge is 2.09. The molecule has 3 rings (SSSR count). The number of nitrogens with one attached hydrogen (secondary N) is 1. The van der Waals surface area contributed by atoms with Gasteiger partial charge in [-0.25, -0.2) is 4.39 Å². The predicted octanol–water partition coefficient (Wildman–Crippen LogP) is 4.87. The van der Waals surface area contributed by atoms with Crippen LogP contribution in [0.4, 0.5) is 4.39 Å². The maximum absolute atomic E-state index is 13.0. The lowest BCUT2D eigenvalue weighted by atomic mass is 10.1. The SMILES string of the molecule is COc1c(Cl)cc(/C=N\n2c(Cc3ccc(F)cc3)n[nH]c2=S)cc1Cl. The average molecular weight is 411 g/mol. The third kappa shape index (κ3) is 4.12.